The predicted octanol–water partition coefficient (Wildman–Crippen LogP) is 2.65. The summed E-state index contributed by atoms with van der Waals surface area (Å²) >= 11 is 0. The highest BCUT2D eigenvalue weighted by Crippen LogP contribution is 1.96. The molecule has 0 radical (unpaired) electrons. The van der Waals surface area contributed by atoms with Crippen molar-refractivity contribution in [2.75, 3.05) is 6.61 Å². The van der Waals surface area contributed by atoms with Gasteiger partial charge in [-0.05, 0) is 24.3 Å². The fourth-order valence-electron chi connectivity index (χ4n) is 1.35. The first kappa shape index (κ1) is 11.4. The van der Waals surface area contributed by atoms with Crippen molar-refractivity contribution in [1.82, 2.24) is 4.98 Å². The lowest BCUT2D eigenvalue weighted by atomic mass is 10.2. The van der Waals surface area contributed by atoms with Crippen molar-refractivity contribution in [3.63, 3.8) is 0 Å². The summed E-state index contributed by atoms with van der Waals surface area (Å²) in [7, 11) is 0. The SMILES string of the molecule is C(#Cc1ccccc1)COCc1ccccn1. The van der Waals surface area contributed by atoms with Gasteiger partial charge < -0.3 is 4.74 Å². The van der Waals surface area contributed by atoms with Gasteiger partial charge in [0.15, 0.2) is 0 Å². The zero-order valence-corrected chi connectivity index (χ0v) is 9.47. The van der Waals surface area contributed by atoms with Crippen LogP contribution in [-0.4, -0.2) is 11.6 Å². The van der Waals surface area contributed by atoms with E-state index in [-0.39, 0.29) is 0 Å². The molecule has 1 heterocycles. The van der Waals surface area contributed by atoms with Crippen LogP contribution in [0.25, 0.3) is 0 Å². The summed E-state index contributed by atoms with van der Waals surface area (Å²) in [6.45, 7) is 0.926. The molecule has 0 N–H and O–H groups in total. The number of hydrogen-bond acceptors (Lipinski definition) is 2. The Kier molecular flexibility index (Phi) is 4.33. The van der Waals surface area contributed by atoms with E-state index in [1.807, 2.05) is 48.5 Å². The van der Waals surface area contributed by atoms with Crippen LogP contribution in [0, 0.1) is 11.8 Å². The highest BCUT2D eigenvalue weighted by Gasteiger charge is 1.90. The van der Waals surface area contributed by atoms with Crippen LogP contribution in [0.15, 0.2) is 54.7 Å². The van der Waals surface area contributed by atoms with Crippen molar-refractivity contribution >= 4 is 0 Å². The van der Waals surface area contributed by atoms with Crippen molar-refractivity contribution in [1.29, 1.82) is 0 Å². The molecule has 0 spiro atoms. The summed E-state index contributed by atoms with van der Waals surface area (Å²) in [6, 6.07) is 15.6. The smallest absolute Gasteiger partial charge is 0.108 e. The second-order valence-electron chi connectivity index (χ2n) is 3.48. The van der Waals surface area contributed by atoms with Gasteiger partial charge in [0.2, 0.25) is 0 Å². The van der Waals surface area contributed by atoms with Crippen molar-refractivity contribution in [2.24, 2.45) is 0 Å². The van der Waals surface area contributed by atoms with Gasteiger partial charge in [-0.1, -0.05) is 36.1 Å². The first-order valence-electron chi connectivity index (χ1n) is 5.47. The maximum atomic E-state index is 5.41. The number of ether oxygens (including phenoxy) is 1. The molecule has 2 rings (SSSR count). The first-order chi connectivity index (χ1) is 8.45. The Morgan fingerprint density at radius 3 is 2.59 bits per heavy atom. The Morgan fingerprint density at radius 1 is 1.00 bits per heavy atom. The molecule has 2 nitrogen and oxygen atoms in total. The Bertz CT molecular complexity index is 497. The largest absolute Gasteiger partial charge is 0.362 e. The Morgan fingerprint density at radius 2 is 1.82 bits per heavy atom. The first-order valence-corrected chi connectivity index (χ1v) is 5.47. The molecule has 17 heavy (non-hydrogen) atoms. The van der Waals surface area contributed by atoms with E-state index in [9.17, 15) is 0 Å². The summed E-state index contributed by atoms with van der Waals surface area (Å²) in [5, 5.41) is 0. The molecule has 0 saturated heterocycles. The third kappa shape index (κ3) is 4.10. The lowest BCUT2D eigenvalue weighted by Gasteiger charge is -1.98. The van der Waals surface area contributed by atoms with E-state index in [1.165, 1.54) is 0 Å². The molecule has 0 unspecified atom stereocenters. The van der Waals surface area contributed by atoms with Gasteiger partial charge >= 0.3 is 0 Å². The summed E-state index contributed by atoms with van der Waals surface area (Å²) in [6.07, 6.45) is 1.76. The van der Waals surface area contributed by atoms with Gasteiger partial charge in [-0.2, -0.15) is 0 Å². The fourth-order valence-corrected chi connectivity index (χ4v) is 1.35. The molecule has 1 aromatic heterocycles. The van der Waals surface area contributed by atoms with E-state index in [1.54, 1.807) is 6.20 Å². The number of rotatable bonds is 3. The van der Waals surface area contributed by atoms with Crippen molar-refractivity contribution in [2.45, 2.75) is 6.61 Å². The standard InChI is InChI=1S/C15H13NO/c1-2-7-14(8-3-1)9-6-12-17-13-15-10-4-5-11-16-15/h1-5,7-8,10-11H,12-13H2. The Balaban J connectivity index is 1.76. The molecule has 0 amide bonds. The van der Waals surface area contributed by atoms with Gasteiger partial charge in [0.1, 0.15) is 6.61 Å². The summed E-state index contributed by atoms with van der Waals surface area (Å²) in [5.74, 6) is 6.01. The topological polar surface area (TPSA) is 22.1 Å². The summed E-state index contributed by atoms with van der Waals surface area (Å²) < 4.78 is 5.41. The van der Waals surface area contributed by atoms with Gasteiger partial charge in [0.05, 0.1) is 12.3 Å². The zero-order chi connectivity index (χ0) is 11.8. The van der Waals surface area contributed by atoms with Crippen LogP contribution in [0.4, 0.5) is 0 Å². The van der Waals surface area contributed by atoms with Gasteiger partial charge in [-0.15, -0.1) is 0 Å². The van der Waals surface area contributed by atoms with Crippen molar-refractivity contribution < 1.29 is 4.74 Å². The number of pyridine rings is 1. The Labute approximate surface area is 101 Å². The van der Waals surface area contributed by atoms with Gasteiger partial charge in [0, 0.05) is 11.8 Å². The van der Waals surface area contributed by atoms with E-state index in [0.29, 0.717) is 13.2 Å². The van der Waals surface area contributed by atoms with Crippen LogP contribution in [0.1, 0.15) is 11.3 Å². The third-order valence-electron chi connectivity index (χ3n) is 2.16. The maximum absolute atomic E-state index is 5.41. The highest BCUT2D eigenvalue weighted by molar-refractivity contribution is 5.33. The number of hydrogen-bond donors (Lipinski definition) is 0. The molecule has 2 aromatic rings. The number of nitrogens with zero attached hydrogens (tertiary/aromatic N) is 1. The zero-order valence-electron chi connectivity index (χ0n) is 9.47. The summed E-state index contributed by atoms with van der Waals surface area (Å²) in [5.41, 5.74) is 1.93. The van der Waals surface area contributed by atoms with E-state index in [0.717, 1.165) is 11.3 Å². The molecule has 2 heteroatoms. The van der Waals surface area contributed by atoms with E-state index in [2.05, 4.69) is 16.8 Å². The number of benzene rings is 1. The monoisotopic (exact) mass is 223 g/mol. The lowest BCUT2D eigenvalue weighted by molar-refractivity contribution is 0.150. The molecular weight excluding hydrogens is 210 g/mol. The molecule has 1 aromatic carbocycles. The minimum Gasteiger partial charge on any atom is -0.362 e. The minimum absolute atomic E-state index is 0.422. The van der Waals surface area contributed by atoms with Crippen LogP contribution < -0.4 is 0 Å². The van der Waals surface area contributed by atoms with Crippen LogP contribution in [0.5, 0.6) is 0 Å². The summed E-state index contributed by atoms with van der Waals surface area (Å²) in [4.78, 5) is 4.16. The van der Waals surface area contributed by atoms with Crippen molar-refractivity contribution in [3.05, 3.63) is 66.0 Å². The average Bonchev–Trinajstić information content (AvgIpc) is 2.41. The second kappa shape index (κ2) is 6.47. The normalized spacial score (nSPS) is 9.41. The molecule has 84 valence electrons. The van der Waals surface area contributed by atoms with Gasteiger partial charge in [-0.25, -0.2) is 0 Å². The van der Waals surface area contributed by atoms with Gasteiger partial charge in [-0.3, -0.25) is 4.98 Å². The fraction of sp³-hybridized carbons (Fsp3) is 0.133. The lowest BCUT2D eigenvalue weighted by Crippen LogP contribution is -1.95. The molecule has 0 saturated carbocycles. The van der Waals surface area contributed by atoms with Crippen molar-refractivity contribution in [3.8, 4) is 11.8 Å². The molecular formula is C15H13NO. The number of aromatic nitrogens is 1. The van der Waals surface area contributed by atoms with E-state index in [4.69, 9.17) is 4.74 Å². The molecule has 0 aliphatic carbocycles. The van der Waals surface area contributed by atoms with Crippen LogP contribution >= 0.6 is 0 Å². The Hall–Kier alpha value is -2.11. The van der Waals surface area contributed by atoms with Crippen LogP contribution in [0.3, 0.4) is 0 Å². The third-order valence-corrected chi connectivity index (χ3v) is 2.16. The molecule has 0 fully saturated rings. The molecule has 0 bridgehead atoms. The molecule has 0 aliphatic heterocycles. The highest BCUT2D eigenvalue weighted by atomic mass is 16.5. The second-order valence-corrected chi connectivity index (χ2v) is 3.48. The quantitative estimate of drug-likeness (QED) is 0.589. The van der Waals surface area contributed by atoms with E-state index < -0.39 is 0 Å². The predicted molar refractivity (Wildman–Crippen MR) is 67.2 cm³/mol. The average molecular weight is 223 g/mol. The minimum atomic E-state index is 0.422. The van der Waals surface area contributed by atoms with Gasteiger partial charge in [0.25, 0.3) is 0 Å². The van der Waals surface area contributed by atoms with Crippen LogP contribution in [0.2, 0.25) is 0 Å². The van der Waals surface area contributed by atoms with E-state index >= 15 is 0 Å². The molecule has 0 atom stereocenters. The molecule has 0 aliphatic rings. The van der Waals surface area contributed by atoms with Crippen LogP contribution in [-0.2, 0) is 11.3 Å². The maximum Gasteiger partial charge on any atom is 0.108 e.